The molecule has 0 aliphatic rings. The molecule has 0 bridgehead atoms. The van der Waals surface area contributed by atoms with Crippen molar-refractivity contribution < 1.29 is 13.2 Å². The van der Waals surface area contributed by atoms with Crippen molar-refractivity contribution in [2.24, 2.45) is 0 Å². The van der Waals surface area contributed by atoms with Crippen molar-refractivity contribution in [3.8, 4) is 0 Å². The monoisotopic (exact) mass is 334 g/mol. The van der Waals surface area contributed by atoms with E-state index in [1.165, 1.54) is 24.2 Å². The van der Waals surface area contributed by atoms with Gasteiger partial charge in [-0.1, -0.05) is 6.08 Å². The zero-order valence-electron chi connectivity index (χ0n) is 11.0. The highest BCUT2D eigenvalue weighted by atomic mass is 32.2. The molecule has 0 aliphatic carbocycles. The highest BCUT2D eigenvalue weighted by molar-refractivity contribution is 8.00. The molecular formula is C12H13F3N4S2. The number of halogens is 3. The number of thioether (sulfide) groups is 2. The van der Waals surface area contributed by atoms with E-state index in [9.17, 15) is 13.2 Å². The molecule has 114 valence electrons. The lowest BCUT2D eigenvalue weighted by atomic mass is 10.5. The first-order valence-corrected chi connectivity index (χ1v) is 8.26. The molecule has 0 aromatic carbocycles. The highest BCUT2D eigenvalue weighted by Gasteiger charge is 2.37. The molecule has 2 heterocycles. The van der Waals surface area contributed by atoms with Gasteiger partial charge in [0.05, 0.1) is 0 Å². The zero-order valence-corrected chi connectivity index (χ0v) is 12.6. The number of rotatable bonds is 7. The summed E-state index contributed by atoms with van der Waals surface area (Å²) in [6.45, 7) is 3.64. The third-order valence-electron chi connectivity index (χ3n) is 2.46. The summed E-state index contributed by atoms with van der Waals surface area (Å²) in [6.07, 6.45) is 0.813. The van der Waals surface area contributed by atoms with E-state index in [1.54, 1.807) is 11.8 Å². The van der Waals surface area contributed by atoms with E-state index in [1.807, 2.05) is 6.08 Å². The second-order valence-corrected chi connectivity index (χ2v) is 6.25. The Labute approximate surface area is 128 Å². The van der Waals surface area contributed by atoms with Crippen LogP contribution in [0, 0.1) is 0 Å². The molecule has 0 aliphatic heterocycles. The van der Waals surface area contributed by atoms with Crippen molar-refractivity contribution in [1.29, 1.82) is 0 Å². The predicted molar refractivity (Wildman–Crippen MR) is 78.6 cm³/mol. The SMILES string of the molecule is C=CCSCCCSc1nccn2c(C(F)(F)F)nnc12. The third kappa shape index (κ3) is 4.13. The standard InChI is InChI=1S/C12H13F3N4S2/c1-2-6-20-7-3-8-21-10-9-17-18-11(12(13,14)15)19(9)5-4-16-10/h2,4-5H,1,3,6-8H2. The molecule has 9 heteroatoms. The van der Waals surface area contributed by atoms with Crippen LogP contribution in [0.2, 0.25) is 0 Å². The van der Waals surface area contributed by atoms with Gasteiger partial charge in [0.2, 0.25) is 5.82 Å². The van der Waals surface area contributed by atoms with Crippen LogP contribution >= 0.6 is 23.5 Å². The number of aromatic nitrogens is 4. The summed E-state index contributed by atoms with van der Waals surface area (Å²) in [5.74, 6) is 1.62. The lowest BCUT2D eigenvalue weighted by Gasteiger charge is -2.05. The van der Waals surface area contributed by atoms with Crippen LogP contribution in [0.1, 0.15) is 12.2 Å². The molecule has 0 radical (unpaired) electrons. The van der Waals surface area contributed by atoms with Crippen LogP contribution in [-0.4, -0.2) is 36.8 Å². The summed E-state index contributed by atoms with van der Waals surface area (Å²) < 4.78 is 39.2. The Morgan fingerprint density at radius 1 is 1.29 bits per heavy atom. The van der Waals surface area contributed by atoms with Gasteiger partial charge < -0.3 is 0 Å². The van der Waals surface area contributed by atoms with Gasteiger partial charge in [-0.05, 0) is 12.2 Å². The Bertz CT molecular complexity index is 612. The largest absolute Gasteiger partial charge is 0.452 e. The number of fused-ring (bicyclic) bond motifs is 1. The van der Waals surface area contributed by atoms with Crippen molar-refractivity contribution in [3.63, 3.8) is 0 Å². The quantitative estimate of drug-likeness (QED) is 0.440. The molecule has 21 heavy (non-hydrogen) atoms. The molecule has 0 saturated heterocycles. The van der Waals surface area contributed by atoms with E-state index in [4.69, 9.17) is 0 Å². The fourth-order valence-electron chi connectivity index (χ4n) is 1.60. The molecule has 0 atom stereocenters. The van der Waals surface area contributed by atoms with E-state index in [0.29, 0.717) is 5.03 Å². The summed E-state index contributed by atoms with van der Waals surface area (Å²) in [5.41, 5.74) is 0.147. The minimum Gasteiger partial charge on any atom is -0.275 e. The van der Waals surface area contributed by atoms with Crippen molar-refractivity contribution >= 4 is 29.2 Å². The van der Waals surface area contributed by atoms with Crippen LogP contribution in [0.4, 0.5) is 13.2 Å². The topological polar surface area (TPSA) is 43.1 Å². The van der Waals surface area contributed by atoms with Crippen LogP contribution in [-0.2, 0) is 6.18 Å². The van der Waals surface area contributed by atoms with Gasteiger partial charge in [-0.15, -0.1) is 28.5 Å². The van der Waals surface area contributed by atoms with Crippen LogP contribution < -0.4 is 0 Å². The molecule has 0 amide bonds. The maximum Gasteiger partial charge on any atom is 0.452 e. The van der Waals surface area contributed by atoms with Crippen LogP contribution in [0.15, 0.2) is 30.1 Å². The van der Waals surface area contributed by atoms with Gasteiger partial charge in [-0.25, -0.2) is 4.98 Å². The van der Waals surface area contributed by atoms with Gasteiger partial charge in [-0.3, -0.25) is 4.40 Å². The first-order valence-electron chi connectivity index (χ1n) is 6.12. The van der Waals surface area contributed by atoms with Gasteiger partial charge in [0.1, 0.15) is 5.03 Å². The normalized spacial score (nSPS) is 12.0. The average Bonchev–Trinajstić information content (AvgIpc) is 2.87. The predicted octanol–water partition coefficient (Wildman–Crippen LogP) is 3.54. The van der Waals surface area contributed by atoms with Crippen molar-refractivity contribution in [1.82, 2.24) is 19.6 Å². The van der Waals surface area contributed by atoms with Crippen LogP contribution in [0.3, 0.4) is 0 Å². The van der Waals surface area contributed by atoms with E-state index in [2.05, 4.69) is 21.8 Å². The molecule has 2 rings (SSSR count). The molecule has 0 spiro atoms. The molecule has 2 aromatic rings. The van der Waals surface area contributed by atoms with E-state index in [0.717, 1.165) is 28.1 Å². The molecule has 4 nitrogen and oxygen atoms in total. The van der Waals surface area contributed by atoms with E-state index >= 15 is 0 Å². The third-order valence-corrected chi connectivity index (χ3v) is 4.56. The fourth-order valence-corrected chi connectivity index (χ4v) is 3.35. The van der Waals surface area contributed by atoms with Gasteiger partial charge >= 0.3 is 6.18 Å². The molecule has 2 aromatic heterocycles. The maximum absolute atomic E-state index is 12.7. The minimum absolute atomic E-state index is 0.147. The lowest BCUT2D eigenvalue weighted by Crippen LogP contribution is -2.10. The lowest BCUT2D eigenvalue weighted by molar-refractivity contribution is -0.145. The van der Waals surface area contributed by atoms with Crippen molar-refractivity contribution in [3.05, 3.63) is 30.9 Å². The molecule has 0 fully saturated rings. The van der Waals surface area contributed by atoms with Crippen LogP contribution in [0.25, 0.3) is 5.65 Å². The minimum atomic E-state index is -4.52. The Kier molecular flexibility index (Phi) is 5.51. The van der Waals surface area contributed by atoms with Gasteiger partial charge in [-0.2, -0.15) is 24.9 Å². The Balaban J connectivity index is 2.04. The fraction of sp³-hybridized carbons (Fsp3) is 0.417. The summed E-state index contributed by atoms with van der Waals surface area (Å²) in [5, 5.41) is 7.29. The first kappa shape index (κ1) is 16.2. The molecule has 0 N–H and O–H groups in total. The van der Waals surface area contributed by atoms with E-state index < -0.39 is 12.0 Å². The smallest absolute Gasteiger partial charge is 0.275 e. The number of alkyl halides is 3. The second kappa shape index (κ2) is 7.17. The number of hydrogen-bond donors (Lipinski definition) is 0. The van der Waals surface area contributed by atoms with Gasteiger partial charge in [0, 0.05) is 23.9 Å². The molecule has 0 unspecified atom stereocenters. The Morgan fingerprint density at radius 3 is 2.81 bits per heavy atom. The molecular weight excluding hydrogens is 321 g/mol. The van der Waals surface area contributed by atoms with Crippen molar-refractivity contribution in [2.75, 3.05) is 17.3 Å². The molecule has 0 saturated carbocycles. The van der Waals surface area contributed by atoms with E-state index in [-0.39, 0.29) is 5.65 Å². The summed E-state index contributed by atoms with van der Waals surface area (Å²) in [7, 11) is 0. The second-order valence-electron chi connectivity index (χ2n) is 4.01. The Morgan fingerprint density at radius 2 is 2.10 bits per heavy atom. The first-order chi connectivity index (χ1) is 10.0. The van der Waals surface area contributed by atoms with Crippen molar-refractivity contribution in [2.45, 2.75) is 17.6 Å². The summed E-state index contributed by atoms with van der Waals surface area (Å²) in [6, 6.07) is 0. The maximum atomic E-state index is 12.7. The highest BCUT2D eigenvalue weighted by Crippen LogP contribution is 2.29. The summed E-state index contributed by atoms with van der Waals surface area (Å²) in [4.78, 5) is 4.09. The Hall–Kier alpha value is -1.22. The summed E-state index contributed by atoms with van der Waals surface area (Å²) >= 11 is 3.16. The zero-order chi connectivity index (χ0) is 15.3. The van der Waals surface area contributed by atoms with Gasteiger partial charge in [0.25, 0.3) is 0 Å². The number of nitrogens with zero attached hydrogens (tertiary/aromatic N) is 4. The average molecular weight is 334 g/mol. The number of hydrogen-bond acceptors (Lipinski definition) is 5. The van der Waals surface area contributed by atoms with Gasteiger partial charge in [0.15, 0.2) is 5.65 Å². The van der Waals surface area contributed by atoms with Crippen LogP contribution in [0.5, 0.6) is 0 Å².